The highest BCUT2D eigenvalue weighted by Gasteiger charge is 2.14. The lowest BCUT2D eigenvalue weighted by atomic mass is 10.0. The summed E-state index contributed by atoms with van der Waals surface area (Å²) in [5.41, 5.74) is 2.27. The van der Waals surface area contributed by atoms with Crippen molar-refractivity contribution in [3.05, 3.63) is 57.8 Å². The summed E-state index contributed by atoms with van der Waals surface area (Å²) in [7, 11) is 1.66. The van der Waals surface area contributed by atoms with E-state index in [0.29, 0.717) is 6.54 Å². The Morgan fingerprint density at radius 1 is 1.32 bits per heavy atom. The molecule has 2 aromatic rings. The van der Waals surface area contributed by atoms with Crippen LogP contribution in [-0.4, -0.2) is 19.6 Å². The summed E-state index contributed by atoms with van der Waals surface area (Å²) in [6, 6.07) is 11.7. The molecule has 0 bridgehead atoms. The van der Waals surface area contributed by atoms with E-state index in [4.69, 9.17) is 4.74 Å². The first-order chi connectivity index (χ1) is 9.22. The number of ether oxygens (including phenoxy) is 1. The topological polar surface area (TPSA) is 38.3 Å². The van der Waals surface area contributed by atoms with Crippen molar-refractivity contribution in [3.8, 4) is 0 Å². The third-order valence-corrected chi connectivity index (χ3v) is 3.88. The van der Waals surface area contributed by atoms with Crippen molar-refractivity contribution >= 4 is 17.2 Å². The first kappa shape index (κ1) is 13.8. The lowest BCUT2D eigenvalue weighted by molar-refractivity contribution is 0.0829. The van der Waals surface area contributed by atoms with Gasteiger partial charge in [-0.2, -0.15) is 0 Å². The molecule has 1 atom stereocenters. The van der Waals surface area contributed by atoms with Crippen molar-refractivity contribution in [1.82, 2.24) is 5.32 Å². The maximum atomic E-state index is 11.9. The highest BCUT2D eigenvalue weighted by Crippen LogP contribution is 2.19. The van der Waals surface area contributed by atoms with Crippen molar-refractivity contribution in [2.75, 3.05) is 13.7 Å². The Morgan fingerprint density at radius 3 is 2.74 bits per heavy atom. The van der Waals surface area contributed by atoms with Crippen LogP contribution in [0.5, 0.6) is 0 Å². The average Bonchev–Trinajstić information content (AvgIpc) is 2.95. The Hall–Kier alpha value is -1.65. The van der Waals surface area contributed by atoms with Crippen LogP contribution in [0.1, 0.15) is 26.9 Å². The van der Waals surface area contributed by atoms with Gasteiger partial charge >= 0.3 is 0 Å². The van der Waals surface area contributed by atoms with E-state index in [2.05, 4.69) is 5.32 Å². The van der Waals surface area contributed by atoms with Gasteiger partial charge in [-0.1, -0.05) is 30.3 Å². The predicted molar refractivity (Wildman–Crippen MR) is 77.6 cm³/mol. The molecule has 0 fully saturated rings. The quantitative estimate of drug-likeness (QED) is 0.910. The summed E-state index contributed by atoms with van der Waals surface area (Å²) in [4.78, 5) is 12.6. The standard InChI is InChI=1S/C15H17NO2S/c1-11-6-3-4-7-12(11)13(18-2)10-16-15(17)14-8-5-9-19-14/h3-9,13H,10H2,1-2H3,(H,16,17). The predicted octanol–water partition coefficient (Wildman–Crippen LogP) is 3.17. The Kier molecular flexibility index (Phi) is 4.71. The van der Waals surface area contributed by atoms with Crippen molar-refractivity contribution in [3.63, 3.8) is 0 Å². The second kappa shape index (κ2) is 6.50. The first-order valence-corrected chi connectivity index (χ1v) is 7.00. The molecular weight excluding hydrogens is 258 g/mol. The Balaban J connectivity index is 2.01. The van der Waals surface area contributed by atoms with Crippen LogP contribution in [0, 0.1) is 6.92 Å². The van der Waals surface area contributed by atoms with Gasteiger partial charge in [0.05, 0.1) is 11.0 Å². The number of hydrogen-bond donors (Lipinski definition) is 1. The van der Waals surface area contributed by atoms with Crippen LogP contribution >= 0.6 is 11.3 Å². The molecule has 4 heteroatoms. The van der Waals surface area contributed by atoms with Crippen LogP contribution in [0.3, 0.4) is 0 Å². The van der Waals surface area contributed by atoms with E-state index < -0.39 is 0 Å². The highest BCUT2D eigenvalue weighted by molar-refractivity contribution is 7.12. The first-order valence-electron chi connectivity index (χ1n) is 6.12. The van der Waals surface area contributed by atoms with E-state index in [0.717, 1.165) is 10.4 Å². The number of rotatable bonds is 5. The number of carbonyl (C=O) groups is 1. The van der Waals surface area contributed by atoms with E-state index in [1.807, 2.05) is 48.7 Å². The summed E-state index contributed by atoms with van der Waals surface area (Å²) >= 11 is 1.44. The van der Waals surface area contributed by atoms with Crippen LogP contribution in [0.2, 0.25) is 0 Å². The molecule has 0 aliphatic carbocycles. The third-order valence-electron chi connectivity index (χ3n) is 3.01. The molecule has 0 aliphatic heterocycles. The number of carbonyl (C=O) groups excluding carboxylic acids is 1. The molecule has 19 heavy (non-hydrogen) atoms. The SMILES string of the molecule is COC(CNC(=O)c1cccs1)c1ccccc1C. The van der Waals surface area contributed by atoms with Crippen LogP contribution in [0.15, 0.2) is 41.8 Å². The minimum Gasteiger partial charge on any atom is -0.375 e. The van der Waals surface area contributed by atoms with Gasteiger partial charge < -0.3 is 10.1 Å². The minimum absolute atomic E-state index is 0.0503. The summed E-state index contributed by atoms with van der Waals surface area (Å²) in [6.07, 6.45) is -0.120. The molecule has 3 nitrogen and oxygen atoms in total. The lowest BCUT2D eigenvalue weighted by Gasteiger charge is -2.18. The summed E-state index contributed by atoms with van der Waals surface area (Å²) in [5.74, 6) is -0.0503. The maximum absolute atomic E-state index is 11.9. The number of thiophene rings is 1. The number of hydrogen-bond acceptors (Lipinski definition) is 3. The molecule has 1 N–H and O–H groups in total. The molecule has 0 spiro atoms. The van der Waals surface area contributed by atoms with Gasteiger partial charge in [-0.05, 0) is 29.5 Å². The highest BCUT2D eigenvalue weighted by atomic mass is 32.1. The number of methoxy groups -OCH3 is 1. The van der Waals surface area contributed by atoms with E-state index >= 15 is 0 Å². The van der Waals surface area contributed by atoms with E-state index in [1.54, 1.807) is 7.11 Å². The maximum Gasteiger partial charge on any atom is 0.261 e. The number of aryl methyl sites for hydroxylation is 1. The number of nitrogens with one attached hydrogen (secondary N) is 1. The molecule has 1 aromatic carbocycles. The molecule has 100 valence electrons. The molecule has 0 radical (unpaired) electrons. The Morgan fingerprint density at radius 2 is 2.11 bits per heavy atom. The second-order valence-corrected chi connectivity index (χ2v) is 5.22. The van der Waals surface area contributed by atoms with Gasteiger partial charge in [-0.15, -0.1) is 11.3 Å². The van der Waals surface area contributed by atoms with E-state index in [1.165, 1.54) is 16.9 Å². The van der Waals surface area contributed by atoms with Crippen LogP contribution in [-0.2, 0) is 4.74 Å². The van der Waals surface area contributed by atoms with E-state index in [-0.39, 0.29) is 12.0 Å². The second-order valence-electron chi connectivity index (χ2n) is 4.27. The molecule has 0 aliphatic rings. The van der Waals surface area contributed by atoms with Gasteiger partial charge in [-0.3, -0.25) is 4.79 Å². The van der Waals surface area contributed by atoms with E-state index in [9.17, 15) is 4.79 Å². The monoisotopic (exact) mass is 275 g/mol. The largest absolute Gasteiger partial charge is 0.375 e. The number of amides is 1. The molecule has 0 saturated carbocycles. The lowest BCUT2D eigenvalue weighted by Crippen LogP contribution is -2.28. The van der Waals surface area contributed by atoms with Crippen molar-refractivity contribution < 1.29 is 9.53 Å². The fraction of sp³-hybridized carbons (Fsp3) is 0.267. The Bertz CT molecular complexity index is 537. The van der Waals surface area contributed by atoms with Gasteiger partial charge in [0.2, 0.25) is 0 Å². The number of benzene rings is 1. The van der Waals surface area contributed by atoms with Gasteiger partial charge in [0.15, 0.2) is 0 Å². The van der Waals surface area contributed by atoms with Crippen molar-refractivity contribution in [2.24, 2.45) is 0 Å². The molecule has 1 heterocycles. The van der Waals surface area contributed by atoms with Crippen LogP contribution < -0.4 is 5.32 Å². The zero-order valence-corrected chi connectivity index (χ0v) is 11.9. The fourth-order valence-corrected chi connectivity index (χ4v) is 2.59. The third kappa shape index (κ3) is 3.43. The zero-order valence-electron chi connectivity index (χ0n) is 11.1. The van der Waals surface area contributed by atoms with Gasteiger partial charge in [0.1, 0.15) is 0 Å². The van der Waals surface area contributed by atoms with Gasteiger partial charge in [-0.25, -0.2) is 0 Å². The van der Waals surface area contributed by atoms with Crippen molar-refractivity contribution in [2.45, 2.75) is 13.0 Å². The normalized spacial score (nSPS) is 12.1. The summed E-state index contributed by atoms with van der Waals surface area (Å²) < 4.78 is 5.47. The van der Waals surface area contributed by atoms with Crippen LogP contribution in [0.25, 0.3) is 0 Å². The molecule has 1 aromatic heterocycles. The van der Waals surface area contributed by atoms with Crippen LogP contribution in [0.4, 0.5) is 0 Å². The van der Waals surface area contributed by atoms with Gasteiger partial charge in [0, 0.05) is 13.7 Å². The summed E-state index contributed by atoms with van der Waals surface area (Å²) in [6.45, 7) is 2.51. The molecule has 0 saturated heterocycles. The Labute approximate surface area is 117 Å². The molecule has 2 rings (SSSR count). The van der Waals surface area contributed by atoms with Gasteiger partial charge in [0.25, 0.3) is 5.91 Å². The summed E-state index contributed by atoms with van der Waals surface area (Å²) in [5, 5.41) is 4.80. The molecule has 1 amide bonds. The van der Waals surface area contributed by atoms with Crippen molar-refractivity contribution in [1.29, 1.82) is 0 Å². The zero-order chi connectivity index (χ0) is 13.7. The molecule has 1 unspecified atom stereocenters. The smallest absolute Gasteiger partial charge is 0.261 e. The minimum atomic E-state index is -0.120. The average molecular weight is 275 g/mol. The molecular formula is C15H17NO2S. The fourth-order valence-electron chi connectivity index (χ4n) is 1.95.